The summed E-state index contributed by atoms with van der Waals surface area (Å²) in [5.74, 6) is 0.667. The molecule has 11 rings (SSSR count). The number of benzene rings is 3. The van der Waals surface area contributed by atoms with Crippen LogP contribution in [0, 0.1) is 17.7 Å². The van der Waals surface area contributed by atoms with Crippen LogP contribution in [0.2, 0.25) is 5.02 Å². The third kappa shape index (κ3) is 10.0. The number of piperidine rings is 2. The smallest absolute Gasteiger partial charge is 0.329 e. The molecule has 3 aromatic heterocycles. The minimum Gasteiger partial charge on any atom is -0.393 e. The van der Waals surface area contributed by atoms with Crippen LogP contribution < -0.4 is 16.3 Å². The van der Waals surface area contributed by atoms with Gasteiger partial charge in [0.2, 0.25) is 17.8 Å². The number of aliphatic hydroxyl groups excluding tert-OH is 1. The summed E-state index contributed by atoms with van der Waals surface area (Å²) < 4.78 is 19.5. The van der Waals surface area contributed by atoms with E-state index in [2.05, 4.69) is 82.4 Å². The first-order chi connectivity index (χ1) is 34.0. The van der Waals surface area contributed by atoms with Crippen molar-refractivity contribution in [2.24, 2.45) is 18.9 Å². The molecule has 0 spiro atoms. The average molecular weight is 973 g/mol. The van der Waals surface area contributed by atoms with Crippen molar-refractivity contribution in [1.29, 1.82) is 0 Å². The molecular formula is C53H63ClFN11O4. The second kappa shape index (κ2) is 20.0. The van der Waals surface area contributed by atoms with E-state index >= 15 is 0 Å². The van der Waals surface area contributed by atoms with Crippen LogP contribution in [0.25, 0.3) is 33.2 Å². The van der Waals surface area contributed by atoms with E-state index in [1.54, 1.807) is 22.2 Å². The van der Waals surface area contributed by atoms with Crippen molar-refractivity contribution in [1.82, 2.24) is 48.6 Å². The highest BCUT2D eigenvalue weighted by atomic mass is 35.5. The Morgan fingerprint density at radius 2 is 1.47 bits per heavy atom. The molecule has 15 nitrogen and oxygen atoms in total. The van der Waals surface area contributed by atoms with E-state index in [1.165, 1.54) is 50.2 Å². The van der Waals surface area contributed by atoms with Crippen LogP contribution in [0.15, 0.2) is 77.9 Å². The van der Waals surface area contributed by atoms with Crippen LogP contribution in [0.3, 0.4) is 0 Å². The predicted molar refractivity (Wildman–Crippen MR) is 269 cm³/mol. The van der Waals surface area contributed by atoms with Crippen LogP contribution in [0.4, 0.5) is 16.0 Å². The number of imidazole rings is 1. The van der Waals surface area contributed by atoms with Gasteiger partial charge in [0.05, 0.1) is 17.1 Å². The lowest BCUT2D eigenvalue weighted by molar-refractivity contribution is -0.135. The predicted octanol–water partition coefficient (Wildman–Crippen LogP) is 6.70. The molecule has 1 unspecified atom stereocenters. The van der Waals surface area contributed by atoms with Crippen molar-refractivity contribution < 1.29 is 19.1 Å². The van der Waals surface area contributed by atoms with Gasteiger partial charge in [-0.1, -0.05) is 41.9 Å². The third-order valence-corrected chi connectivity index (χ3v) is 16.0. The molecule has 1 aliphatic carbocycles. The van der Waals surface area contributed by atoms with Crippen LogP contribution in [0.1, 0.15) is 74.6 Å². The van der Waals surface area contributed by atoms with E-state index in [9.17, 15) is 23.9 Å². The number of amides is 2. The quantitative estimate of drug-likeness (QED) is 0.106. The summed E-state index contributed by atoms with van der Waals surface area (Å²) in [4.78, 5) is 57.5. The average Bonchev–Trinajstić information content (AvgIpc) is 3.83. The van der Waals surface area contributed by atoms with Gasteiger partial charge in [-0.25, -0.2) is 14.2 Å². The Hall–Kier alpha value is -5.49. The number of anilines is 2. The maximum absolute atomic E-state index is 14.1. The Bertz CT molecular complexity index is 2920. The van der Waals surface area contributed by atoms with Crippen LogP contribution in [-0.4, -0.2) is 132 Å². The molecule has 3 N–H and O–H groups in total. The van der Waals surface area contributed by atoms with Gasteiger partial charge >= 0.3 is 5.69 Å². The largest absolute Gasteiger partial charge is 0.393 e. The highest BCUT2D eigenvalue weighted by molar-refractivity contribution is 6.30. The summed E-state index contributed by atoms with van der Waals surface area (Å²) >= 11 is 6.12. The van der Waals surface area contributed by atoms with Gasteiger partial charge in [0, 0.05) is 119 Å². The zero-order valence-corrected chi connectivity index (χ0v) is 40.7. The van der Waals surface area contributed by atoms with Crippen molar-refractivity contribution in [3.8, 4) is 11.1 Å². The zero-order chi connectivity index (χ0) is 48.0. The first-order valence-corrected chi connectivity index (χ1v) is 25.6. The van der Waals surface area contributed by atoms with Gasteiger partial charge in [-0.2, -0.15) is 4.98 Å². The third-order valence-electron chi connectivity index (χ3n) is 15.7. The number of nitrogens with one attached hydrogen (secondary N) is 2. The van der Waals surface area contributed by atoms with Crippen LogP contribution in [-0.2, 0) is 29.7 Å². The van der Waals surface area contributed by atoms with Crippen molar-refractivity contribution in [3.05, 3.63) is 106 Å². The number of imide groups is 1. The molecule has 3 aromatic carbocycles. The SMILES string of the molecule is Cn1c(=O)n(C2CCC(=O)NC2=O)c2ccc(CN3CC(CN4CCC(CN5CCN(Cc6ccc(-c7cn(C8CCC(O)CC8)c8nc(Nc9cc(F)cc(Cl)c9)ncc78)cc6)CC5)CC4)C3)cc21. The minimum absolute atomic E-state index is 0.210. The number of fused-ring (bicyclic) bond motifs is 2. The fourth-order valence-corrected chi connectivity index (χ4v) is 12.1. The van der Waals surface area contributed by atoms with E-state index < -0.39 is 17.8 Å². The number of hydrogen-bond acceptors (Lipinski definition) is 11. The van der Waals surface area contributed by atoms with Gasteiger partial charge < -0.3 is 24.8 Å². The van der Waals surface area contributed by atoms with E-state index in [0.29, 0.717) is 29.0 Å². The molecule has 1 atom stereocenters. The zero-order valence-electron chi connectivity index (χ0n) is 39.9. The Balaban J connectivity index is 0.627. The normalized spacial score (nSPS) is 22.8. The van der Waals surface area contributed by atoms with Gasteiger partial charge in [0.15, 0.2) is 0 Å². The summed E-state index contributed by atoms with van der Waals surface area (Å²) in [6.45, 7) is 13.0. The summed E-state index contributed by atoms with van der Waals surface area (Å²) in [5, 5.41) is 17.0. The number of carbonyl (C=O) groups excluding carboxylic acids is 2. The van der Waals surface area contributed by atoms with Crippen molar-refractivity contribution >= 4 is 57.1 Å². The number of aliphatic hydroxyl groups is 1. The number of halogens is 2. The number of rotatable bonds is 13. The Kier molecular flexibility index (Phi) is 13.4. The monoisotopic (exact) mass is 971 g/mol. The lowest BCUT2D eigenvalue weighted by atomic mass is 9.93. The highest BCUT2D eigenvalue weighted by Gasteiger charge is 2.33. The Labute approximate surface area is 412 Å². The molecule has 0 radical (unpaired) electrons. The highest BCUT2D eigenvalue weighted by Crippen LogP contribution is 2.37. The lowest BCUT2D eigenvalue weighted by Gasteiger charge is -2.44. The maximum atomic E-state index is 14.1. The van der Waals surface area contributed by atoms with Crippen molar-refractivity contribution in [3.63, 3.8) is 0 Å². The molecule has 17 heteroatoms. The standard InChI is InChI=1S/C53H63ClFN11O4/c1-60-48-22-36(4-11-46(48)66(53(60)70)47-12-13-49(68)58-51(47)69)29-64-31-37(32-64)30-61-16-14-35(15-17-61)28-63-20-18-62(19-21-63)27-34-2-5-38(6-3-34)45-33-65(42-7-9-43(67)10-8-42)50-44(45)26-56-52(59-50)57-41-24-39(54)23-40(55)25-41/h2-6,11,22-26,33,35,37,42-43,47,67H,7-10,12-21,27-32H2,1H3,(H,56,57,59)(H,58,68,69). The van der Waals surface area contributed by atoms with Gasteiger partial charge in [-0.3, -0.25) is 33.8 Å². The fourth-order valence-electron chi connectivity index (χ4n) is 11.9. The van der Waals surface area contributed by atoms with E-state index in [-0.39, 0.29) is 30.2 Å². The number of hydrogen-bond donors (Lipinski definition) is 3. The number of aromatic nitrogens is 5. The topological polar surface area (TPSA) is 149 Å². The second-order valence-electron chi connectivity index (χ2n) is 20.7. The molecule has 7 heterocycles. The number of carbonyl (C=O) groups is 2. The fraction of sp³-hybridized carbons (Fsp3) is 0.491. The van der Waals surface area contributed by atoms with Crippen LogP contribution in [0.5, 0.6) is 0 Å². The van der Waals surface area contributed by atoms with Crippen molar-refractivity contribution in [2.75, 3.05) is 70.8 Å². The molecule has 5 aliphatic rings. The molecule has 6 aromatic rings. The molecule has 4 aliphatic heterocycles. The molecule has 70 heavy (non-hydrogen) atoms. The summed E-state index contributed by atoms with van der Waals surface area (Å²) in [5.41, 5.74) is 7.24. The van der Waals surface area contributed by atoms with E-state index in [1.807, 2.05) is 12.3 Å². The summed E-state index contributed by atoms with van der Waals surface area (Å²) in [6.07, 6.45) is 10.1. The Morgan fingerprint density at radius 1 is 0.771 bits per heavy atom. The van der Waals surface area contributed by atoms with Gasteiger partial charge in [0.1, 0.15) is 17.5 Å². The second-order valence-corrected chi connectivity index (χ2v) is 21.1. The van der Waals surface area contributed by atoms with Gasteiger partial charge in [-0.05, 0) is 117 Å². The first-order valence-electron chi connectivity index (χ1n) is 25.3. The first kappa shape index (κ1) is 46.9. The minimum atomic E-state index is -0.671. The molecule has 1 saturated carbocycles. The van der Waals surface area contributed by atoms with E-state index in [0.717, 1.165) is 129 Å². The molecule has 368 valence electrons. The number of nitrogens with zero attached hydrogens (tertiary/aromatic N) is 9. The molecule has 2 amide bonds. The lowest BCUT2D eigenvalue weighted by Crippen LogP contribution is -2.52. The number of likely N-dealkylation sites (tertiary alicyclic amines) is 2. The van der Waals surface area contributed by atoms with Gasteiger partial charge in [-0.15, -0.1) is 0 Å². The molecular weight excluding hydrogens is 909 g/mol. The molecule has 0 bridgehead atoms. The van der Waals surface area contributed by atoms with Gasteiger partial charge in [0.25, 0.3) is 0 Å². The Morgan fingerprint density at radius 3 is 2.21 bits per heavy atom. The molecule has 4 saturated heterocycles. The van der Waals surface area contributed by atoms with Crippen molar-refractivity contribution in [2.45, 2.75) is 82.6 Å². The summed E-state index contributed by atoms with van der Waals surface area (Å²) in [6, 6.07) is 18.9. The summed E-state index contributed by atoms with van der Waals surface area (Å²) in [7, 11) is 1.75. The number of piperazine rings is 1. The van der Waals surface area contributed by atoms with E-state index in [4.69, 9.17) is 16.6 Å². The van der Waals surface area contributed by atoms with Crippen LogP contribution >= 0.6 is 11.6 Å². The number of aryl methyl sites for hydroxylation is 1. The maximum Gasteiger partial charge on any atom is 0.329 e. The molecule has 5 fully saturated rings.